The molecule has 7 nitrogen and oxygen atoms in total. The zero-order valence-electron chi connectivity index (χ0n) is 14.0. The number of nitrogens with zero attached hydrogens (tertiary/aromatic N) is 2. The summed E-state index contributed by atoms with van der Waals surface area (Å²) in [5, 5.41) is 6.92. The summed E-state index contributed by atoms with van der Waals surface area (Å²) in [5.41, 5.74) is 7.33. The topological polar surface area (TPSA) is 99.2 Å². The Hall–Kier alpha value is -3.61. The Kier molecular flexibility index (Phi) is 5.28. The highest BCUT2D eigenvalue weighted by atomic mass is 16.5. The summed E-state index contributed by atoms with van der Waals surface area (Å²) in [6, 6.07) is 15.7. The van der Waals surface area contributed by atoms with Crippen LogP contribution in [0.3, 0.4) is 0 Å². The van der Waals surface area contributed by atoms with Crippen LogP contribution in [-0.4, -0.2) is 28.2 Å². The van der Waals surface area contributed by atoms with Crippen LogP contribution >= 0.6 is 0 Å². The minimum absolute atomic E-state index is 0.134. The van der Waals surface area contributed by atoms with Crippen molar-refractivity contribution in [2.24, 2.45) is 5.73 Å². The predicted octanol–water partition coefficient (Wildman–Crippen LogP) is 2.05. The third kappa shape index (κ3) is 4.70. The average molecular weight is 350 g/mol. The van der Waals surface area contributed by atoms with Crippen LogP contribution in [0, 0.1) is 0 Å². The SMILES string of the molecule is NC(=O)c1ccc(OCC(=O)Nc2ccc(Cn3cccn3)cc2)cc1. The first-order valence-corrected chi connectivity index (χ1v) is 7.99. The molecule has 3 rings (SSSR count). The van der Waals surface area contributed by atoms with Gasteiger partial charge < -0.3 is 15.8 Å². The van der Waals surface area contributed by atoms with Gasteiger partial charge in [0.25, 0.3) is 5.91 Å². The molecule has 0 radical (unpaired) electrons. The van der Waals surface area contributed by atoms with E-state index in [1.165, 1.54) is 0 Å². The number of rotatable bonds is 7. The van der Waals surface area contributed by atoms with E-state index in [9.17, 15) is 9.59 Å². The number of aromatic nitrogens is 2. The van der Waals surface area contributed by atoms with Gasteiger partial charge in [-0.2, -0.15) is 5.10 Å². The fourth-order valence-corrected chi connectivity index (χ4v) is 2.34. The van der Waals surface area contributed by atoms with Gasteiger partial charge in [-0.05, 0) is 48.0 Å². The second kappa shape index (κ2) is 7.98. The molecule has 0 fully saturated rings. The van der Waals surface area contributed by atoms with Crippen molar-refractivity contribution in [2.75, 3.05) is 11.9 Å². The molecular formula is C19H18N4O3. The van der Waals surface area contributed by atoms with E-state index in [0.717, 1.165) is 5.56 Å². The summed E-state index contributed by atoms with van der Waals surface area (Å²) in [6.07, 6.45) is 3.62. The quantitative estimate of drug-likeness (QED) is 0.681. The lowest BCUT2D eigenvalue weighted by molar-refractivity contribution is -0.118. The molecule has 2 aromatic carbocycles. The molecule has 0 saturated heterocycles. The second-order valence-corrected chi connectivity index (χ2v) is 5.63. The van der Waals surface area contributed by atoms with Crippen molar-refractivity contribution in [3.63, 3.8) is 0 Å². The Morgan fingerprint density at radius 1 is 1.08 bits per heavy atom. The normalized spacial score (nSPS) is 10.3. The van der Waals surface area contributed by atoms with E-state index in [1.807, 2.05) is 41.2 Å². The standard InChI is InChI=1S/C19H18N4O3/c20-19(25)15-4-8-17(9-5-15)26-13-18(24)22-16-6-2-14(3-7-16)12-23-11-1-10-21-23/h1-11H,12-13H2,(H2,20,25)(H,22,24). The average Bonchev–Trinajstić information content (AvgIpc) is 3.15. The summed E-state index contributed by atoms with van der Waals surface area (Å²) in [6.45, 7) is 0.538. The van der Waals surface area contributed by atoms with E-state index >= 15 is 0 Å². The molecule has 7 heteroatoms. The van der Waals surface area contributed by atoms with Gasteiger partial charge >= 0.3 is 0 Å². The third-order valence-corrected chi connectivity index (χ3v) is 3.65. The highest BCUT2D eigenvalue weighted by molar-refractivity contribution is 5.93. The Labute approximate surface area is 150 Å². The third-order valence-electron chi connectivity index (χ3n) is 3.65. The largest absolute Gasteiger partial charge is 0.484 e. The highest BCUT2D eigenvalue weighted by Crippen LogP contribution is 2.13. The fourth-order valence-electron chi connectivity index (χ4n) is 2.34. The van der Waals surface area contributed by atoms with Crippen molar-refractivity contribution >= 4 is 17.5 Å². The van der Waals surface area contributed by atoms with Crippen molar-refractivity contribution in [2.45, 2.75) is 6.54 Å². The molecule has 0 bridgehead atoms. The van der Waals surface area contributed by atoms with Crippen molar-refractivity contribution < 1.29 is 14.3 Å². The molecule has 0 spiro atoms. The molecule has 0 saturated carbocycles. The van der Waals surface area contributed by atoms with E-state index in [2.05, 4.69) is 10.4 Å². The van der Waals surface area contributed by atoms with Gasteiger partial charge in [-0.15, -0.1) is 0 Å². The van der Waals surface area contributed by atoms with E-state index < -0.39 is 5.91 Å². The van der Waals surface area contributed by atoms with Gasteiger partial charge in [0.1, 0.15) is 5.75 Å². The minimum atomic E-state index is -0.509. The number of carbonyl (C=O) groups excluding carboxylic acids is 2. The molecule has 0 atom stereocenters. The van der Waals surface area contributed by atoms with Gasteiger partial charge in [-0.3, -0.25) is 14.3 Å². The molecular weight excluding hydrogens is 332 g/mol. The summed E-state index contributed by atoms with van der Waals surface area (Å²) in [5.74, 6) is -0.297. The van der Waals surface area contributed by atoms with E-state index in [1.54, 1.807) is 30.5 Å². The van der Waals surface area contributed by atoms with Crippen molar-refractivity contribution in [3.8, 4) is 5.75 Å². The van der Waals surface area contributed by atoms with Crippen LogP contribution in [0.4, 0.5) is 5.69 Å². The lowest BCUT2D eigenvalue weighted by atomic mass is 10.2. The van der Waals surface area contributed by atoms with Crippen molar-refractivity contribution in [3.05, 3.63) is 78.1 Å². The number of hydrogen-bond donors (Lipinski definition) is 2. The molecule has 3 aromatic rings. The van der Waals surface area contributed by atoms with Crippen molar-refractivity contribution in [1.29, 1.82) is 0 Å². The first-order valence-electron chi connectivity index (χ1n) is 7.99. The Balaban J connectivity index is 1.49. The van der Waals surface area contributed by atoms with Gasteiger partial charge in [-0.25, -0.2) is 0 Å². The predicted molar refractivity (Wildman–Crippen MR) is 96.9 cm³/mol. The number of primary amides is 1. The molecule has 3 N–H and O–H groups in total. The Morgan fingerprint density at radius 3 is 2.42 bits per heavy atom. The van der Waals surface area contributed by atoms with Gasteiger partial charge in [0.15, 0.2) is 6.61 Å². The smallest absolute Gasteiger partial charge is 0.262 e. The zero-order valence-corrected chi connectivity index (χ0v) is 14.0. The number of amides is 2. The van der Waals surface area contributed by atoms with Crippen LogP contribution in [0.5, 0.6) is 5.75 Å². The molecule has 0 aliphatic carbocycles. The number of nitrogens with two attached hydrogens (primary N) is 1. The summed E-state index contributed by atoms with van der Waals surface area (Å²) >= 11 is 0. The maximum atomic E-state index is 12.0. The molecule has 0 unspecified atom stereocenters. The van der Waals surface area contributed by atoms with Gasteiger partial charge in [0, 0.05) is 23.6 Å². The monoisotopic (exact) mass is 350 g/mol. The molecule has 0 aliphatic heterocycles. The Bertz CT molecular complexity index is 872. The van der Waals surface area contributed by atoms with Gasteiger partial charge in [0.05, 0.1) is 6.54 Å². The van der Waals surface area contributed by atoms with Crippen LogP contribution < -0.4 is 15.8 Å². The number of benzene rings is 2. The van der Waals surface area contributed by atoms with E-state index in [0.29, 0.717) is 23.5 Å². The van der Waals surface area contributed by atoms with Gasteiger partial charge in [-0.1, -0.05) is 12.1 Å². The number of ether oxygens (including phenoxy) is 1. The number of hydrogen-bond acceptors (Lipinski definition) is 4. The molecule has 132 valence electrons. The number of nitrogens with one attached hydrogen (secondary N) is 1. The summed E-state index contributed by atoms with van der Waals surface area (Å²) < 4.78 is 7.22. The maximum absolute atomic E-state index is 12.0. The van der Waals surface area contributed by atoms with E-state index in [-0.39, 0.29) is 12.5 Å². The minimum Gasteiger partial charge on any atom is -0.484 e. The van der Waals surface area contributed by atoms with E-state index in [4.69, 9.17) is 10.5 Å². The van der Waals surface area contributed by atoms with Crippen LogP contribution in [0.25, 0.3) is 0 Å². The highest BCUT2D eigenvalue weighted by Gasteiger charge is 2.05. The molecule has 2 amide bonds. The molecule has 1 aromatic heterocycles. The Morgan fingerprint density at radius 2 is 1.81 bits per heavy atom. The number of anilines is 1. The lowest BCUT2D eigenvalue weighted by Gasteiger charge is -2.09. The molecule has 0 aliphatic rings. The first kappa shape index (κ1) is 17.2. The second-order valence-electron chi connectivity index (χ2n) is 5.63. The molecule has 1 heterocycles. The van der Waals surface area contributed by atoms with Crippen LogP contribution in [0.2, 0.25) is 0 Å². The molecule has 26 heavy (non-hydrogen) atoms. The van der Waals surface area contributed by atoms with Gasteiger partial charge in [0.2, 0.25) is 5.91 Å². The van der Waals surface area contributed by atoms with Crippen LogP contribution in [0.1, 0.15) is 15.9 Å². The van der Waals surface area contributed by atoms with Crippen molar-refractivity contribution in [1.82, 2.24) is 9.78 Å². The lowest BCUT2D eigenvalue weighted by Crippen LogP contribution is -2.20. The maximum Gasteiger partial charge on any atom is 0.262 e. The fraction of sp³-hybridized carbons (Fsp3) is 0.105. The van der Waals surface area contributed by atoms with Crippen LogP contribution in [-0.2, 0) is 11.3 Å². The zero-order chi connectivity index (χ0) is 18.4. The first-order chi connectivity index (χ1) is 12.6. The summed E-state index contributed by atoms with van der Waals surface area (Å²) in [4.78, 5) is 23.0. The number of carbonyl (C=O) groups is 2. The van der Waals surface area contributed by atoms with Crippen LogP contribution in [0.15, 0.2) is 67.0 Å². The summed E-state index contributed by atoms with van der Waals surface area (Å²) in [7, 11) is 0.